The van der Waals surface area contributed by atoms with Gasteiger partial charge in [0, 0.05) is 16.4 Å². The van der Waals surface area contributed by atoms with Crippen LogP contribution in [0.15, 0.2) is 65.6 Å². The number of hydrogen-bond acceptors (Lipinski definition) is 5. The standard InChI is InChI=1S/C24H17ClF3NO4S/c1-33-17-8-7-15(25)11-16(17)21(30)19-20(18-6-3-9-34-18)29(23(32)22(19)31)12-13-4-2-5-14(10-13)24(26,27)28/h2-11,20,30H,12H2,1H3/b21-19-. The van der Waals surface area contributed by atoms with Gasteiger partial charge in [0.15, 0.2) is 0 Å². The molecule has 1 atom stereocenters. The number of ketones is 1. The van der Waals surface area contributed by atoms with E-state index in [9.17, 15) is 27.9 Å². The molecule has 176 valence electrons. The van der Waals surface area contributed by atoms with Gasteiger partial charge in [-0.1, -0.05) is 29.8 Å². The number of ether oxygens (including phenoxy) is 1. The average Bonchev–Trinajstić information content (AvgIpc) is 3.41. The summed E-state index contributed by atoms with van der Waals surface area (Å²) < 4.78 is 44.8. The van der Waals surface area contributed by atoms with E-state index >= 15 is 0 Å². The highest BCUT2D eigenvalue weighted by Crippen LogP contribution is 2.43. The summed E-state index contributed by atoms with van der Waals surface area (Å²) in [6.07, 6.45) is -4.56. The quantitative estimate of drug-likeness (QED) is 0.259. The van der Waals surface area contributed by atoms with Crippen LogP contribution in [-0.2, 0) is 22.3 Å². The van der Waals surface area contributed by atoms with E-state index in [0.717, 1.165) is 17.0 Å². The molecule has 0 radical (unpaired) electrons. The maximum atomic E-state index is 13.2. The number of benzene rings is 2. The van der Waals surface area contributed by atoms with Crippen molar-refractivity contribution in [2.45, 2.75) is 18.8 Å². The molecule has 0 saturated carbocycles. The largest absolute Gasteiger partial charge is 0.507 e. The minimum atomic E-state index is -4.56. The van der Waals surface area contributed by atoms with Gasteiger partial charge in [-0.05, 0) is 47.3 Å². The van der Waals surface area contributed by atoms with Crippen molar-refractivity contribution in [1.82, 2.24) is 4.90 Å². The molecule has 1 unspecified atom stereocenters. The number of methoxy groups -OCH3 is 1. The number of thiophene rings is 1. The molecule has 4 rings (SSSR count). The van der Waals surface area contributed by atoms with Crippen LogP contribution in [-0.4, -0.2) is 28.8 Å². The number of halogens is 4. The van der Waals surface area contributed by atoms with Gasteiger partial charge in [0.1, 0.15) is 11.5 Å². The molecule has 34 heavy (non-hydrogen) atoms. The molecule has 10 heteroatoms. The van der Waals surface area contributed by atoms with Crippen LogP contribution in [0, 0.1) is 0 Å². The van der Waals surface area contributed by atoms with Gasteiger partial charge in [-0.15, -0.1) is 11.3 Å². The van der Waals surface area contributed by atoms with E-state index < -0.39 is 35.2 Å². The number of hydrogen-bond donors (Lipinski definition) is 1. The third-order valence-electron chi connectivity index (χ3n) is 5.38. The summed E-state index contributed by atoms with van der Waals surface area (Å²) in [5.41, 5.74) is -0.745. The van der Waals surface area contributed by atoms with Crippen LogP contribution >= 0.6 is 22.9 Å². The van der Waals surface area contributed by atoms with E-state index in [4.69, 9.17) is 16.3 Å². The summed E-state index contributed by atoms with van der Waals surface area (Å²) in [6.45, 7) is -0.263. The first kappa shape index (κ1) is 23.8. The highest BCUT2D eigenvalue weighted by atomic mass is 35.5. The van der Waals surface area contributed by atoms with Crippen molar-refractivity contribution in [3.8, 4) is 5.75 Å². The Labute approximate surface area is 201 Å². The molecule has 1 N–H and O–H groups in total. The second kappa shape index (κ2) is 9.15. The Balaban J connectivity index is 1.84. The maximum absolute atomic E-state index is 13.2. The fraction of sp³-hybridized carbons (Fsp3) is 0.167. The van der Waals surface area contributed by atoms with Gasteiger partial charge in [0.25, 0.3) is 11.7 Å². The van der Waals surface area contributed by atoms with Crippen molar-refractivity contribution in [1.29, 1.82) is 0 Å². The van der Waals surface area contributed by atoms with Gasteiger partial charge in [-0.3, -0.25) is 9.59 Å². The lowest BCUT2D eigenvalue weighted by Crippen LogP contribution is -2.29. The van der Waals surface area contributed by atoms with Gasteiger partial charge in [0.05, 0.1) is 29.9 Å². The average molecular weight is 508 g/mol. The van der Waals surface area contributed by atoms with Gasteiger partial charge >= 0.3 is 6.18 Å². The van der Waals surface area contributed by atoms with Crippen molar-refractivity contribution in [2.75, 3.05) is 7.11 Å². The number of likely N-dealkylation sites (tertiary alicyclic amines) is 1. The zero-order chi connectivity index (χ0) is 24.6. The third-order valence-corrected chi connectivity index (χ3v) is 6.54. The molecule has 1 amide bonds. The highest BCUT2D eigenvalue weighted by molar-refractivity contribution is 7.10. The van der Waals surface area contributed by atoms with E-state index in [1.54, 1.807) is 23.6 Å². The Bertz CT molecular complexity index is 1290. The van der Waals surface area contributed by atoms with Crippen molar-refractivity contribution in [3.63, 3.8) is 0 Å². The molecule has 1 aliphatic heterocycles. The zero-order valence-electron chi connectivity index (χ0n) is 17.6. The van der Waals surface area contributed by atoms with Gasteiger partial charge in [-0.25, -0.2) is 0 Å². The molecule has 1 aliphatic rings. The van der Waals surface area contributed by atoms with E-state index in [2.05, 4.69) is 0 Å². The summed E-state index contributed by atoms with van der Waals surface area (Å²) >= 11 is 7.32. The van der Waals surface area contributed by atoms with Crippen LogP contribution in [0.3, 0.4) is 0 Å². The highest BCUT2D eigenvalue weighted by Gasteiger charge is 2.47. The molecule has 1 saturated heterocycles. The smallest absolute Gasteiger partial charge is 0.416 e. The zero-order valence-corrected chi connectivity index (χ0v) is 19.2. The number of carbonyl (C=O) groups is 2. The summed E-state index contributed by atoms with van der Waals surface area (Å²) in [5, 5.41) is 13.2. The monoisotopic (exact) mass is 507 g/mol. The number of aliphatic hydroxyl groups is 1. The minimum absolute atomic E-state index is 0.119. The summed E-state index contributed by atoms with van der Waals surface area (Å²) in [6, 6.07) is 11.4. The molecular weight excluding hydrogens is 491 g/mol. The first-order chi connectivity index (χ1) is 16.1. The fourth-order valence-corrected chi connectivity index (χ4v) is 4.86. The molecule has 2 aromatic carbocycles. The lowest BCUT2D eigenvalue weighted by molar-refractivity contribution is -0.140. The second-order valence-corrected chi connectivity index (χ2v) is 8.90. The molecule has 3 aromatic rings. The lowest BCUT2D eigenvalue weighted by atomic mass is 9.99. The Kier molecular flexibility index (Phi) is 6.42. The van der Waals surface area contributed by atoms with Crippen molar-refractivity contribution in [3.05, 3.63) is 92.1 Å². The first-order valence-corrected chi connectivity index (χ1v) is 11.2. The van der Waals surface area contributed by atoms with Crippen LogP contribution in [0.25, 0.3) is 5.76 Å². The van der Waals surface area contributed by atoms with Gasteiger partial charge in [-0.2, -0.15) is 13.2 Å². The number of Topliss-reactive ketones (excluding diaryl/α,β-unsaturated/α-hetero) is 1. The van der Waals surface area contributed by atoms with Crippen molar-refractivity contribution >= 4 is 40.4 Å². The fourth-order valence-electron chi connectivity index (χ4n) is 3.84. The number of rotatable bonds is 5. The normalized spacial score (nSPS) is 17.9. The number of alkyl halides is 3. The van der Waals surface area contributed by atoms with E-state index in [0.29, 0.717) is 4.88 Å². The Morgan fingerprint density at radius 2 is 1.91 bits per heavy atom. The first-order valence-electron chi connectivity index (χ1n) is 9.93. The minimum Gasteiger partial charge on any atom is -0.507 e. The van der Waals surface area contributed by atoms with Crippen LogP contribution < -0.4 is 4.74 Å². The van der Waals surface area contributed by atoms with E-state index in [-0.39, 0.29) is 34.0 Å². The number of carbonyl (C=O) groups excluding carboxylic acids is 2. The Morgan fingerprint density at radius 3 is 2.56 bits per heavy atom. The molecule has 0 spiro atoms. The van der Waals surface area contributed by atoms with Crippen molar-refractivity contribution in [2.24, 2.45) is 0 Å². The molecule has 0 bridgehead atoms. The molecule has 1 fully saturated rings. The van der Waals surface area contributed by atoms with Crippen molar-refractivity contribution < 1.29 is 32.6 Å². The molecule has 0 aliphatic carbocycles. The van der Waals surface area contributed by atoms with Crippen LogP contribution in [0.5, 0.6) is 5.75 Å². The van der Waals surface area contributed by atoms with E-state index in [1.807, 2.05) is 0 Å². The molecule has 1 aromatic heterocycles. The summed E-state index contributed by atoms with van der Waals surface area (Å²) in [7, 11) is 1.38. The summed E-state index contributed by atoms with van der Waals surface area (Å²) in [4.78, 5) is 27.8. The van der Waals surface area contributed by atoms with Crippen LogP contribution in [0.1, 0.15) is 27.6 Å². The Hall–Kier alpha value is -3.30. The van der Waals surface area contributed by atoms with Crippen LogP contribution in [0.4, 0.5) is 13.2 Å². The third kappa shape index (κ3) is 4.41. The second-order valence-electron chi connectivity index (χ2n) is 7.49. The SMILES string of the molecule is COc1ccc(Cl)cc1/C(O)=C1/C(=O)C(=O)N(Cc2cccc(C(F)(F)F)c2)C1c1cccs1. The molecule has 5 nitrogen and oxygen atoms in total. The topological polar surface area (TPSA) is 66.8 Å². The molecule has 2 heterocycles. The van der Waals surface area contributed by atoms with Gasteiger partial charge in [0.2, 0.25) is 0 Å². The summed E-state index contributed by atoms with van der Waals surface area (Å²) in [5.74, 6) is -2.14. The predicted molar refractivity (Wildman–Crippen MR) is 122 cm³/mol. The molecular formula is C24H17ClF3NO4S. The predicted octanol–water partition coefficient (Wildman–Crippen LogP) is 6.05. The number of nitrogens with zero attached hydrogens (tertiary/aromatic N) is 1. The van der Waals surface area contributed by atoms with Crippen LogP contribution in [0.2, 0.25) is 5.02 Å². The number of amides is 1. The lowest BCUT2D eigenvalue weighted by Gasteiger charge is -2.24. The van der Waals surface area contributed by atoms with E-state index in [1.165, 1.54) is 42.7 Å². The Morgan fingerprint density at radius 1 is 1.15 bits per heavy atom. The maximum Gasteiger partial charge on any atom is 0.416 e. The van der Waals surface area contributed by atoms with Gasteiger partial charge < -0.3 is 14.7 Å². The number of aliphatic hydroxyl groups excluding tert-OH is 1.